The van der Waals surface area contributed by atoms with E-state index in [-0.39, 0.29) is 6.54 Å². The Morgan fingerprint density at radius 3 is 2.42 bits per heavy atom. The van der Waals surface area contributed by atoms with E-state index >= 15 is 0 Å². The molecule has 0 rings (SSSR count). The van der Waals surface area contributed by atoms with Crippen LogP contribution < -0.4 is 10.6 Å². The van der Waals surface area contributed by atoms with Crippen molar-refractivity contribution >= 4 is 18.0 Å². The first-order valence-corrected chi connectivity index (χ1v) is 6.04. The quantitative estimate of drug-likeness (QED) is 0.417. The van der Waals surface area contributed by atoms with Crippen LogP contribution in [0.25, 0.3) is 0 Å². The fourth-order valence-corrected chi connectivity index (χ4v) is 1.17. The molecule has 1 atom stereocenters. The van der Waals surface area contributed by atoms with E-state index < -0.39 is 30.4 Å². The van der Waals surface area contributed by atoms with Crippen molar-refractivity contribution in [1.82, 2.24) is 10.6 Å². The summed E-state index contributed by atoms with van der Waals surface area (Å²) in [6.07, 6.45) is 1.28. The molecule has 0 spiro atoms. The first kappa shape index (κ1) is 17.2. The SMILES string of the molecule is CCCCOCCNC(=O)N[C@H](CC(=O)O)C(=O)O. The number of carbonyl (C=O) groups is 3. The fraction of sp³-hybridized carbons (Fsp3) is 0.727. The van der Waals surface area contributed by atoms with Crippen LogP contribution in [0, 0.1) is 0 Å². The summed E-state index contributed by atoms with van der Waals surface area (Å²) in [5.74, 6) is -2.69. The highest BCUT2D eigenvalue weighted by Crippen LogP contribution is 1.92. The summed E-state index contributed by atoms with van der Waals surface area (Å²) < 4.78 is 5.19. The first-order chi connectivity index (χ1) is 8.97. The molecule has 0 aromatic heterocycles. The van der Waals surface area contributed by atoms with Crippen molar-refractivity contribution in [3.05, 3.63) is 0 Å². The van der Waals surface area contributed by atoms with Gasteiger partial charge in [0.2, 0.25) is 0 Å². The van der Waals surface area contributed by atoms with Crippen molar-refractivity contribution < 1.29 is 29.3 Å². The second-order valence-corrected chi connectivity index (χ2v) is 3.85. The van der Waals surface area contributed by atoms with E-state index in [1.165, 1.54) is 0 Å². The van der Waals surface area contributed by atoms with Crippen molar-refractivity contribution in [3.8, 4) is 0 Å². The van der Waals surface area contributed by atoms with Crippen molar-refractivity contribution in [2.24, 2.45) is 0 Å². The van der Waals surface area contributed by atoms with Gasteiger partial charge in [0.1, 0.15) is 6.04 Å². The number of unbranched alkanes of at least 4 members (excludes halogenated alkanes) is 1. The minimum Gasteiger partial charge on any atom is -0.481 e. The third kappa shape index (κ3) is 9.83. The van der Waals surface area contributed by atoms with Gasteiger partial charge in [-0.05, 0) is 6.42 Å². The maximum Gasteiger partial charge on any atom is 0.326 e. The number of hydrogen-bond donors (Lipinski definition) is 4. The largest absolute Gasteiger partial charge is 0.481 e. The lowest BCUT2D eigenvalue weighted by Gasteiger charge is -2.13. The van der Waals surface area contributed by atoms with E-state index in [1.807, 2.05) is 6.92 Å². The van der Waals surface area contributed by atoms with Crippen molar-refractivity contribution in [2.75, 3.05) is 19.8 Å². The zero-order valence-corrected chi connectivity index (χ0v) is 10.8. The Morgan fingerprint density at radius 2 is 1.89 bits per heavy atom. The predicted octanol–water partition coefficient (Wildman–Crippen LogP) is 0.0302. The van der Waals surface area contributed by atoms with Gasteiger partial charge >= 0.3 is 18.0 Å². The van der Waals surface area contributed by atoms with Gasteiger partial charge in [0.15, 0.2) is 0 Å². The molecule has 0 saturated carbocycles. The molecule has 0 aromatic carbocycles. The number of amides is 2. The Hall–Kier alpha value is -1.83. The van der Waals surface area contributed by atoms with Crippen molar-refractivity contribution in [2.45, 2.75) is 32.2 Å². The number of nitrogens with one attached hydrogen (secondary N) is 2. The van der Waals surface area contributed by atoms with E-state index in [1.54, 1.807) is 0 Å². The Labute approximate surface area is 111 Å². The minimum atomic E-state index is -1.45. The number of carbonyl (C=O) groups excluding carboxylic acids is 1. The van der Waals surface area contributed by atoms with Crippen LogP contribution in [-0.4, -0.2) is 54.0 Å². The number of carboxylic acid groups (broad SMARTS) is 2. The van der Waals surface area contributed by atoms with E-state index in [0.29, 0.717) is 13.2 Å². The Bertz CT molecular complexity index is 308. The van der Waals surface area contributed by atoms with Crippen LogP contribution in [-0.2, 0) is 14.3 Å². The normalized spacial score (nSPS) is 11.6. The number of carboxylic acids is 2. The van der Waals surface area contributed by atoms with Gasteiger partial charge in [-0.25, -0.2) is 9.59 Å². The summed E-state index contributed by atoms with van der Waals surface area (Å²) in [7, 11) is 0. The van der Waals surface area contributed by atoms with Gasteiger partial charge in [-0.3, -0.25) is 4.79 Å². The first-order valence-electron chi connectivity index (χ1n) is 6.04. The second-order valence-electron chi connectivity index (χ2n) is 3.85. The van der Waals surface area contributed by atoms with Crippen LogP contribution >= 0.6 is 0 Å². The predicted molar refractivity (Wildman–Crippen MR) is 65.9 cm³/mol. The number of urea groups is 1. The summed E-state index contributed by atoms with van der Waals surface area (Å²) in [4.78, 5) is 32.4. The highest BCUT2D eigenvalue weighted by atomic mass is 16.5. The average Bonchev–Trinajstić information content (AvgIpc) is 2.32. The smallest absolute Gasteiger partial charge is 0.326 e. The van der Waals surface area contributed by atoms with Gasteiger partial charge < -0.3 is 25.6 Å². The molecular formula is C11H20N2O6. The second kappa shape index (κ2) is 10.1. The van der Waals surface area contributed by atoms with Gasteiger partial charge in [0.25, 0.3) is 0 Å². The number of ether oxygens (including phenoxy) is 1. The van der Waals surface area contributed by atoms with E-state index in [9.17, 15) is 14.4 Å². The maximum atomic E-state index is 11.3. The molecule has 0 heterocycles. The lowest BCUT2D eigenvalue weighted by Crippen LogP contribution is -2.47. The molecule has 8 heteroatoms. The highest BCUT2D eigenvalue weighted by Gasteiger charge is 2.22. The molecule has 19 heavy (non-hydrogen) atoms. The van der Waals surface area contributed by atoms with Crippen molar-refractivity contribution in [1.29, 1.82) is 0 Å². The van der Waals surface area contributed by atoms with Crippen LogP contribution in [0.4, 0.5) is 4.79 Å². The molecule has 0 aliphatic rings. The summed E-state index contributed by atoms with van der Waals surface area (Å²) >= 11 is 0. The standard InChI is InChI=1S/C11H20N2O6/c1-2-3-5-19-6-4-12-11(18)13-8(10(16)17)7-9(14)15/h8H,2-7H2,1H3,(H,14,15)(H,16,17)(H2,12,13,18)/t8-/m1/s1. The highest BCUT2D eigenvalue weighted by molar-refractivity contribution is 5.86. The van der Waals surface area contributed by atoms with E-state index in [2.05, 4.69) is 10.6 Å². The monoisotopic (exact) mass is 276 g/mol. The van der Waals surface area contributed by atoms with Gasteiger partial charge in [0.05, 0.1) is 13.0 Å². The minimum absolute atomic E-state index is 0.231. The zero-order chi connectivity index (χ0) is 14.7. The van der Waals surface area contributed by atoms with Crippen LogP contribution in [0.2, 0.25) is 0 Å². The Kier molecular flexibility index (Phi) is 9.15. The van der Waals surface area contributed by atoms with Crippen LogP contribution in [0.3, 0.4) is 0 Å². The van der Waals surface area contributed by atoms with Gasteiger partial charge in [-0.1, -0.05) is 13.3 Å². The zero-order valence-electron chi connectivity index (χ0n) is 10.8. The van der Waals surface area contributed by atoms with Crippen LogP contribution in [0.1, 0.15) is 26.2 Å². The lowest BCUT2D eigenvalue weighted by molar-refractivity contribution is -0.145. The van der Waals surface area contributed by atoms with Gasteiger partial charge in [-0.2, -0.15) is 0 Å². The van der Waals surface area contributed by atoms with E-state index in [4.69, 9.17) is 14.9 Å². The molecule has 110 valence electrons. The molecule has 0 fully saturated rings. The number of rotatable bonds is 10. The third-order valence-corrected chi connectivity index (χ3v) is 2.16. The summed E-state index contributed by atoms with van der Waals surface area (Å²) in [5, 5.41) is 21.6. The fourth-order valence-electron chi connectivity index (χ4n) is 1.17. The summed E-state index contributed by atoms with van der Waals surface area (Å²) in [5.41, 5.74) is 0. The van der Waals surface area contributed by atoms with Gasteiger partial charge in [0, 0.05) is 13.2 Å². The molecule has 0 unspecified atom stereocenters. The Morgan fingerprint density at radius 1 is 1.21 bits per heavy atom. The molecule has 0 bridgehead atoms. The number of aliphatic carboxylic acids is 2. The van der Waals surface area contributed by atoms with Crippen molar-refractivity contribution in [3.63, 3.8) is 0 Å². The topological polar surface area (TPSA) is 125 Å². The maximum absolute atomic E-state index is 11.3. The Balaban J connectivity index is 3.81. The molecular weight excluding hydrogens is 256 g/mol. The summed E-state index contributed by atoms with van der Waals surface area (Å²) in [6, 6.07) is -2.17. The average molecular weight is 276 g/mol. The van der Waals surface area contributed by atoms with Crippen LogP contribution in [0.15, 0.2) is 0 Å². The lowest BCUT2D eigenvalue weighted by atomic mass is 10.2. The molecule has 2 amide bonds. The molecule has 0 aromatic rings. The third-order valence-electron chi connectivity index (χ3n) is 2.16. The molecule has 8 nitrogen and oxygen atoms in total. The molecule has 0 saturated heterocycles. The molecule has 4 N–H and O–H groups in total. The molecule has 0 aliphatic carbocycles. The van der Waals surface area contributed by atoms with Crippen LogP contribution in [0.5, 0.6) is 0 Å². The van der Waals surface area contributed by atoms with Gasteiger partial charge in [-0.15, -0.1) is 0 Å². The molecule has 0 radical (unpaired) electrons. The summed E-state index contributed by atoms with van der Waals surface area (Å²) in [6.45, 7) is 3.19. The van der Waals surface area contributed by atoms with E-state index in [0.717, 1.165) is 12.8 Å². The number of hydrogen-bond acceptors (Lipinski definition) is 4. The molecule has 0 aliphatic heterocycles.